The van der Waals surface area contributed by atoms with E-state index in [4.69, 9.17) is 17.3 Å². The molecule has 0 spiro atoms. The topological polar surface area (TPSA) is 46.3 Å². The van der Waals surface area contributed by atoms with Crippen LogP contribution in [0, 0.1) is 0 Å². The summed E-state index contributed by atoms with van der Waals surface area (Å²) in [6.07, 6.45) is 1.91. The predicted molar refractivity (Wildman–Crippen MR) is 77.7 cm³/mol. The SMILES string of the molecule is NCc1ccc(N([C]=O)Cc2ccccc2)c(Cl)c1. The zero-order chi connectivity index (χ0) is 13.7. The van der Waals surface area contributed by atoms with E-state index in [2.05, 4.69) is 0 Å². The number of benzene rings is 2. The Morgan fingerprint density at radius 3 is 2.42 bits per heavy atom. The highest BCUT2D eigenvalue weighted by Gasteiger charge is 2.11. The van der Waals surface area contributed by atoms with E-state index in [9.17, 15) is 4.79 Å². The molecule has 2 N–H and O–H groups in total. The quantitative estimate of drug-likeness (QED) is 0.852. The summed E-state index contributed by atoms with van der Waals surface area (Å²) in [5, 5.41) is 0.502. The number of hydrogen-bond donors (Lipinski definition) is 1. The first-order valence-corrected chi connectivity index (χ1v) is 6.30. The van der Waals surface area contributed by atoms with Gasteiger partial charge in [-0.25, -0.2) is 0 Å². The van der Waals surface area contributed by atoms with Crippen LogP contribution in [0.5, 0.6) is 0 Å². The summed E-state index contributed by atoms with van der Waals surface area (Å²) in [4.78, 5) is 12.6. The summed E-state index contributed by atoms with van der Waals surface area (Å²) in [6, 6.07) is 15.1. The van der Waals surface area contributed by atoms with Gasteiger partial charge in [-0.1, -0.05) is 48.0 Å². The molecule has 2 aromatic rings. The van der Waals surface area contributed by atoms with Gasteiger partial charge in [0.15, 0.2) is 0 Å². The Morgan fingerprint density at radius 1 is 1.11 bits per heavy atom. The third kappa shape index (κ3) is 3.34. The summed E-state index contributed by atoms with van der Waals surface area (Å²) >= 11 is 6.17. The lowest BCUT2D eigenvalue weighted by Crippen LogP contribution is -2.20. The molecule has 2 rings (SSSR count). The fraction of sp³-hybridized carbons (Fsp3) is 0.133. The molecule has 0 bridgehead atoms. The molecule has 0 aliphatic carbocycles. The largest absolute Gasteiger partial charge is 0.326 e. The fourth-order valence-electron chi connectivity index (χ4n) is 1.83. The number of amides is 1. The van der Waals surface area contributed by atoms with Crippen molar-refractivity contribution in [1.29, 1.82) is 0 Å². The van der Waals surface area contributed by atoms with Gasteiger partial charge in [-0.15, -0.1) is 0 Å². The minimum absolute atomic E-state index is 0.420. The molecule has 0 aliphatic rings. The Hall–Kier alpha value is -1.84. The van der Waals surface area contributed by atoms with E-state index in [1.165, 1.54) is 4.90 Å². The molecule has 0 saturated heterocycles. The monoisotopic (exact) mass is 273 g/mol. The molecule has 1 amide bonds. The van der Waals surface area contributed by atoms with Crippen LogP contribution in [0.4, 0.5) is 5.69 Å². The van der Waals surface area contributed by atoms with Gasteiger partial charge in [-0.2, -0.15) is 0 Å². The van der Waals surface area contributed by atoms with E-state index in [0.29, 0.717) is 23.8 Å². The van der Waals surface area contributed by atoms with Gasteiger partial charge < -0.3 is 5.73 Å². The average Bonchev–Trinajstić information content (AvgIpc) is 2.46. The van der Waals surface area contributed by atoms with Crippen LogP contribution in [0.25, 0.3) is 0 Å². The van der Waals surface area contributed by atoms with Crippen molar-refractivity contribution in [2.45, 2.75) is 13.1 Å². The number of nitrogens with two attached hydrogens (primary N) is 1. The minimum Gasteiger partial charge on any atom is -0.326 e. The second-order valence-corrected chi connectivity index (χ2v) is 4.56. The van der Waals surface area contributed by atoms with Crippen LogP contribution in [0.15, 0.2) is 48.5 Å². The second-order valence-electron chi connectivity index (χ2n) is 4.15. The molecule has 3 nitrogen and oxygen atoms in total. The van der Waals surface area contributed by atoms with E-state index in [1.807, 2.05) is 42.8 Å². The number of halogens is 1. The fourth-order valence-corrected chi connectivity index (χ4v) is 2.13. The van der Waals surface area contributed by atoms with Crippen LogP contribution in [0.1, 0.15) is 11.1 Å². The van der Waals surface area contributed by atoms with Gasteiger partial charge in [-0.05, 0) is 23.3 Å². The lowest BCUT2D eigenvalue weighted by atomic mass is 10.1. The van der Waals surface area contributed by atoms with E-state index >= 15 is 0 Å². The van der Waals surface area contributed by atoms with E-state index in [0.717, 1.165) is 11.1 Å². The molecule has 2 aromatic carbocycles. The predicted octanol–water partition coefficient (Wildman–Crippen LogP) is 2.87. The van der Waals surface area contributed by atoms with Crippen LogP contribution in [0.2, 0.25) is 5.02 Å². The molecule has 0 saturated carbocycles. The van der Waals surface area contributed by atoms with Crippen LogP contribution in [-0.2, 0) is 17.9 Å². The molecular weight excluding hydrogens is 260 g/mol. The van der Waals surface area contributed by atoms with Crippen molar-refractivity contribution in [3.63, 3.8) is 0 Å². The van der Waals surface area contributed by atoms with Crippen LogP contribution < -0.4 is 10.6 Å². The second kappa shape index (κ2) is 6.36. The van der Waals surface area contributed by atoms with Crippen LogP contribution >= 0.6 is 11.6 Å². The summed E-state index contributed by atoms with van der Waals surface area (Å²) in [5.41, 5.74) is 8.14. The molecule has 0 aromatic heterocycles. The highest BCUT2D eigenvalue weighted by atomic mass is 35.5. The van der Waals surface area contributed by atoms with Crippen molar-refractivity contribution >= 4 is 23.7 Å². The maximum Gasteiger partial charge on any atom is 0.317 e. The number of hydrogen-bond acceptors (Lipinski definition) is 2. The summed E-state index contributed by atoms with van der Waals surface area (Å²) < 4.78 is 0. The van der Waals surface area contributed by atoms with Crippen molar-refractivity contribution < 1.29 is 4.79 Å². The molecule has 0 unspecified atom stereocenters. The molecule has 0 aliphatic heterocycles. The van der Waals surface area contributed by atoms with Gasteiger partial charge in [0.05, 0.1) is 17.3 Å². The maximum absolute atomic E-state index is 11.1. The lowest BCUT2D eigenvalue weighted by Gasteiger charge is -2.18. The van der Waals surface area contributed by atoms with Gasteiger partial charge >= 0.3 is 6.41 Å². The van der Waals surface area contributed by atoms with E-state index in [-0.39, 0.29) is 0 Å². The Bertz CT molecular complexity index is 557. The average molecular weight is 274 g/mol. The first-order valence-electron chi connectivity index (χ1n) is 5.92. The Labute approximate surface area is 117 Å². The first-order chi connectivity index (χ1) is 9.24. The summed E-state index contributed by atoms with van der Waals surface area (Å²) in [7, 11) is 0. The number of nitrogens with zero attached hydrogens (tertiary/aromatic N) is 1. The molecule has 1 radical (unpaired) electrons. The van der Waals surface area contributed by atoms with Gasteiger partial charge in [0.1, 0.15) is 0 Å². The molecule has 0 heterocycles. The Morgan fingerprint density at radius 2 is 1.84 bits per heavy atom. The zero-order valence-electron chi connectivity index (χ0n) is 10.3. The van der Waals surface area contributed by atoms with Gasteiger partial charge in [0, 0.05) is 6.54 Å². The van der Waals surface area contributed by atoms with Crippen LogP contribution in [-0.4, -0.2) is 6.41 Å². The third-order valence-corrected chi connectivity index (χ3v) is 3.14. The van der Waals surface area contributed by atoms with Crippen LogP contribution in [0.3, 0.4) is 0 Å². The van der Waals surface area contributed by atoms with Gasteiger partial charge in [0.25, 0.3) is 0 Å². The molecule has 0 atom stereocenters. The van der Waals surface area contributed by atoms with Crippen molar-refractivity contribution in [3.05, 3.63) is 64.7 Å². The normalized spacial score (nSPS) is 10.2. The Kier molecular flexibility index (Phi) is 4.55. The van der Waals surface area contributed by atoms with Crippen molar-refractivity contribution in [2.75, 3.05) is 4.90 Å². The standard InChI is InChI=1S/C15H14ClN2O/c16-14-8-13(9-17)6-7-15(14)18(11-19)10-12-4-2-1-3-5-12/h1-8H,9-10,17H2. The summed E-state index contributed by atoms with van der Waals surface area (Å²) in [6.45, 7) is 0.857. The van der Waals surface area contributed by atoms with Gasteiger partial charge in [0.2, 0.25) is 0 Å². The number of rotatable bonds is 5. The minimum atomic E-state index is 0.420. The molecular formula is C15H14ClN2O. The maximum atomic E-state index is 11.1. The zero-order valence-corrected chi connectivity index (χ0v) is 11.1. The van der Waals surface area contributed by atoms with Crippen molar-refractivity contribution in [2.24, 2.45) is 5.73 Å². The lowest BCUT2D eigenvalue weighted by molar-refractivity contribution is 0.551. The third-order valence-electron chi connectivity index (χ3n) is 2.83. The number of anilines is 1. The summed E-state index contributed by atoms with van der Waals surface area (Å²) in [5.74, 6) is 0. The van der Waals surface area contributed by atoms with E-state index in [1.54, 1.807) is 12.1 Å². The van der Waals surface area contributed by atoms with Crippen molar-refractivity contribution in [1.82, 2.24) is 0 Å². The van der Waals surface area contributed by atoms with E-state index < -0.39 is 0 Å². The number of carbonyl (C=O) groups excluding carboxylic acids is 1. The molecule has 0 fully saturated rings. The highest BCUT2D eigenvalue weighted by Crippen LogP contribution is 2.27. The first kappa shape index (κ1) is 13.6. The molecule has 19 heavy (non-hydrogen) atoms. The molecule has 4 heteroatoms. The highest BCUT2D eigenvalue weighted by molar-refractivity contribution is 6.33. The smallest absolute Gasteiger partial charge is 0.317 e. The van der Waals surface area contributed by atoms with Crippen molar-refractivity contribution in [3.8, 4) is 0 Å². The Balaban J connectivity index is 2.25. The van der Waals surface area contributed by atoms with Gasteiger partial charge in [-0.3, -0.25) is 9.69 Å². The molecule has 97 valence electrons.